The summed E-state index contributed by atoms with van der Waals surface area (Å²) in [6.07, 6.45) is 1.14. The Morgan fingerprint density at radius 1 is 1.26 bits per heavy atom. The number of ether oxygens (including phenoxy) is 1. The number of carbonyl (C=O) groups excluding carboxylic acids is 3. The van der Waals surface area contributed by atoms with Crippen LogP contribution < -0.4 is 10.6 Å². The van der Waals surface area contributed by atoms with Gasteiger partial charge >= 0.3 is 5.97 Å². The van der Waals surface area contributed by atoms with Gasteiger partial charge in [0.1, 0.15) is 11.1 Å². The summed E-state index contributed by atoms with van der Waals surface area (Å²) in [4.78, 5) is 49.2. The number of benzene rings is 2. The first-order valence-corrected chi connectivity index (χ1v) is 11.6. The minimum absolute atomic E-state index is 0.0284. The highest BCUT2D eigenvalue weighted by Crippen LogP contribution is 2.25. The maximum Gasteiger partial charge on any atom is 0.308 e. The molecule has 0 saturated carbocycles. The van der Waals surface area contributed by atoms with E-state index in [1.807, 2.05) is 30.3 Å². The van der Waals surface area contributed by atoms with Crippen molar-refractivity contribution in [3.63, 3.8) is 0 Å². The van der Waals surface area contributed by atoms with Gasteiger partial charge in [-0.3, -0.25) is 29.8 Å². The molecular formula is C23H23ClN4O6S. The van der Waals surface area contributed by atoms with Gasteiger partial charge in [-0.25, -0.2) is 0 Å². The Bertz CT molecular complexity index is 1130. The lowest BCUT2D eigenvalue weighted by atomic mass is 10.1. The minimum atomic E-state index is -0.960. The molecule has 1 heterocycles. The first-order valence-electron chi connectivity index (χ1n) is 10.8. The van der Waals surface area contributed by atoms with Crippen LogP contribution in [0.1, 0.15) is 28.8 Å². The molecule has 1 aliphatic heterocycles. The summed E-state index contributed by atoms with van der Waals surface area (Å²) in [5, 5.41) is 16.0. The zero-order valence-corrected chi connectivity index (χ0v) is 20.1. The van der Waals surface area contributed by atoms with Crippen molar-refractivity contribution >= 4 is 52.4 Å². The number of carbonyl (C=O) groups is 3. The van der Waals surface area contributed by atoms with Gasteiger partial charge in [0.15, 0.2) is 5.11 Å². The summed E-state index contributed by atoms with van der Waals surface area (Å²) in [5.74, 6) is -1.69. The highest BCUT2D eigenvalue weighted by molar-refractivity contribution is 7.80. The van der Waals surface area contributed by atoms with Crippen molar-refractivity contribution in [1.82, 2.24) is 15.5 Å². The molecule has 0 aromatic heterocycles. The lowest BCUT2D eigenvalue weighted by Gasteiger charge is -2.36. The van der Waals surface area contributed by atoms with Gasteiger partial charge in [-0.1, -0.05) is 41.9 Å². The summed E-state index contributed by atoms with van der Waals surface area (Å²) in [7, 11) is 0. The van der Waals surface area contributed by atoms with Crippen molar-refractivity contribution in [3.8, 4) is 0 Å². The molecule has 1 aliphatic rings. The van der Waals surface area contributed by atoms with Crippen molar-refractivity contribution in [1.29, 1.82) is 0 Å². The molecule has 184 valence electrons. The predicted octanol–water partition coefficient (Wildman–Crippen LogP) is 2.63. The Morgan fingerprint density at radius 3 is 2.71 bits per heavy atom. The Balaban J connectivity index is 1.57. The number of amides is 2. The molecular weight excluding hydrogens is 496 g/mol. The Morgan fingerprint density at radius 2 is 2.00 bits per heavy atom. The van der Waals surface area contributed by atoms with Crippen LogP contribution in [0.25, 0.3) is 0 Å². The summed E-state index contributed by atoms with van der Waals surface area (Å²) in [6.45, 7) is 0.736. The normalized spacial score (nSPS) is 15.2. The third kappa shape index (κ3) is 7.20. The molecule has 2 amide bonds. The van der Waals surface area contributed by atoms with Crippen molar-refractivity contribution < 1.29 is 24.0 Å². The SMILES string of the molecule is O=C(CC1C(=O)NCCN1C(=S)NC(=O)c1ccc(Cl)c([N+](=O)[O-])c1)OCCCc1ccccc1. The molecule has 12 heteroatoms. The van der Waals surface area contributed by atoms with E-state index >= 15 is 0 Å². The van der Waals surface area contributed by atoms with E-state index in [0.717, 1.165) is 18.1 Å². The summed E-state index contributed by atoms with van der Waals surface area (Å²) < 4.78 is 5.29. The third-order valence-corrected chi connectivity index (χ3v) is 5.95. The number of nitro groups is 1. The molecule has 1 atom stereocenters. The van der Waals surface area contributed by atoms with Gasteiger partial charge in [0.2, 0.25) is 5.91 Å². The standard InChI is InChI=1S/C23H23ClN4O6S/c24-17-9-8-16(13-18(17)28(32)33)21(30)26-23(35)27-11-10-25-22(31)19(27)14-20(29)34-12-4-7-15-5-2-1-3-6-15/h1-3,5-6,8-9,13,19H,4,7,10-12,14H2,(H,25,31)(H,26,30,35). The predicted molar refractivity (Wildman–Crippen MR) is 132 cm³/mol. The molecule has 1 fully saturated rings. The quantitative estimate of drug-likeness (QED) is 0.179. The number of nitrogens with one attached hydrogen (secondary N) is 2. The van der Waals surface area contributed by atoms with E-state index in [4.69, 9.17) is 28.6 Å². The summed E-state index contributed by atoms with van der Waals surface area (Å²) in [6, 6.07) is 12.4. The number of aryl methyl sites for hydroxylation is 1. The number of nitrogens with zero attached hydrogens (tertiary/aromatic N) is 2. The molecule has 1 saturated heterocycles. The van der Waals surface area contributed by atoms with Crippen molar-refractivity contribution in [2.45, 2.75) is 25.3 Å². The smallest absolute Gasteiger partial charge is 0.308 e. The molecule has 35 heavy (non-hydrogen) atoms. The molecule has 2 aromatic rings. The van der Waals surface area contributed by atoms with Crippen LogP contribution in [0.5, 0.6) is 0 Å². The topological polar surface area (TPSA) is 131 Å². The van der Waals surface area contributed by atoms with E-state index in [1.54, 1.807) is 0 Å². The highest BCUT2D eigenvalue weighted by atomic mass is 35.5. The number of hydrogen-bond donors (Lipinski definition) is 2. The van der Waals surface area contributed by atoms with Crippen molar-refractivity contribution in [2.24, 2.45) is 0 Å². The number of thiocarbonyl (C=S) groups is 1. The van der Waals surface area contributed by atoms with Gasteiger partial charge in [-0.2, -0.15) is 0 Å². The van der Waals surface area contributed by atoms with E-state index in [9.17, 15) is 24.5 Å². The molecule has 10 nitrogen and oxygen atoms in total. The van der Waals surface area contributed by atoms with Crippen LogP contribution in [0, 0.1) is 10.1 Å². The van der Waals surface area contributed by atoms with E-state index in [1.165, 1.54) is 17.0 Å². The second kappa shape index (κ2) is 12.2. The van der Waals surface area contributed by atoms with Crippen molar-refractivity contribution in [3.05, 3.63) is 74.8 Å². The van der Waals surface area contributed by atoms with Crippen LogP contribution in [0.15, 0.2) is 48.5 Å². The first kappa shape index (κ1) is 26.0. The summed E-state index contributed by atoms with van der Waals surface area (Å²) in [5.41, 5.74) is 0.684. The maximum absolute atomic E-state index is 12.6. The number of nitro benzene ring substituents is 1. The fourth-order valence-corrected chi connectivity index (χ4v) is 4.02. The average Bonchev–Trinajstić information content (AvgIpc) is 2.83. The molecule has 2 N–H and O–H groups in total. The molecule has 0 bridgehead atoms. The fourth-order valence-electron chi connectivity index (χ4n) is 3.52. The maximum atomic E-state index is 12.6. The molecule has 1 unspecified atom stereocenters. The van der Waals surface area contributed by atoms with Crippen LogP contribution in [-0.2, 0) is 20.7 Å². The van der Waals surface area contributed by atoms with Gasteiger partial charge in [0.05, 0.1) is 18.0 Å². The van der Waals surface area contributed by atoms with Gasteiger partial charge < -0.3 is 15.0 Å². The molecule has 3 rings (SSSR count). The minimum Gasteiger partial charge on any atom is -0.466 e. The highest BCUT2D eigenvalue weighted by Gasteiger charge is 2.34. The van der Waals surface area contributed by atoms with Crippen LogP contribution in [-0.4, -0.2) is 58.5 Å². The number of hydrogen-bond acceptors (Lipinski definition) is 7. The van der Waals surface area contributed by atoms with Crippen LogP contribution in [0.4, 0.5) is 5.69 Å². The lowest BCUT2D eigenvalue weighted by Crippen LogP contribution is -2.60. The molecule has 2 aromatic carbocycles. The fraction of sp³-hybridized carbons (Fsp3) is 0.304. The number of esters is 1. The van der Waals surface area contributed by atoms with Crippen molar-refractivity contribution in [2.75, 3.05) is 19.7 Å². The van der Waals surface area contributed by atoms with Crippen LogP contribution >= 0.6 is 23.8 Å². The Kier molecular flexibility index (Phi) is 9.10. The summed E-state index contributed by atoms with van der Waals surface area (Å²) >= 11 is 11.1. The molecule has 0 radical (unpaired) electrons. The Labute approximate surface area is 211 Å². The molecule has 0 aliphatic carbocycles. The lowest BCUT2D eigenvalue weighted by molar-refractivity contribution is -0.384. The second-order valence-electron chi connectivity index (χ2n) is 7.70. The van der Waals surface area contributed by atoms with Crippen LogP contribution in [0.2, 0.25) is 5.02 Å². The third-order valence-electron chi connectivity index (χ3n) is 5.29. The van der Waals surface area contributed by atoms with E-state index in [-0.39, 0.29) is 41.8 Å². The van der Waals surface area contributed by atoms with E-state index in [2.05, 4.69) is 10.6 Å². The van der Waals surface area contributed by atoms with Gasteiger partial charge in [0.25, 0.3) is 11.6 Å². The van der Waals surface area contributed by atoms with E-state index in [0.29, 0.717) is 6.42 Å². The number of rotatable bonds is 8. The average molecular weight is 519 g/mol. The number of halogens is 1. The number of piperazine rings is 1. The second-order valence-corrected chi connectivity index (χ2v) is 8.49. The van der Waals surface area contributed by atoms with Crippen LogP contribution in [0.3, 0.4) is 0 Å². The van der Waals surface area contributed by atoms with E-state index < -0.39 is 34.4 Å². The van der Waals surface area contributed by atoms with Gasteiger partial charge in [-0.05, 0) is 42.8 Å². The first-order chi connectivity index (χ1) is 16.8. The Hall–Kier alpha value is -3.57. The zero-order chi connectivity index (χ0) is 25.4. The largest absolute Gasteiger partial charge is 0.466 e. The van der Waals surface area contributed by atoms with Gasteiger partial charge in [0, 0.05) is 24.7 Å². The molecule has 0 spiro atoms. The van der Waals surface area contributed by atoms with Gasteiger partial charge in [-0.15, -0.1) is 0 Å². The zero-order valence-electron chi connectivity index (χ0n) is 18.6. The monoisotopic (exact) mass is 518 g/mol.